The lowest BCUT2D eigenvalue weighted by Gasteiger charge is -2.47. The van der Waals surface area contributed by atoms with E-state index in [-0.39, 0.29) is 5.91 Å². The van der Waals surface area contributed by atoms with Crippen LogP contribution in [0.3, 0.4) is 0 Å². The van der Waals surface area contributed by atoms with Gasteiger partial charge in [0.2, 0.25) is 5.91 Å². The number of hydrogen-bond donors (Lipinski definition) is 3. The minimum Gasteiger partial charge on any atom is -0.351 e. The highest BCUT2D eigenvalue weighted by Crippen LogP contribution is 2.44. The van der Waals surface area contributed by atoms with Crippen molar-refractivity contribution < 1.29 is 4.79 Å². The smallest absolute Gasteiger partial charge is 0.239 e. The third-order valence-corrected chi connectivity index (χ3v) is 6.18. The lowest BCUT2D eigenvalue weighted by Crippen LogP contribution is -2.57. The number of thiol groups is 1. The fourth-order valence-electron chi connectivity index (χ4n) is 4.61. The monoisotopic (exact) mass is 376 g/mol. The highest BCUT2D eigenvalue weighted by Gasteiger charge is 2.41. The minimum absolute atomic E-state index is 0.00368. The van der Waals surface area contributed by atoms with Crippen LogP contribution in [0.5, 0.6) is 0 Å². The van der Waals surface area contributed by atoms with E-state index in [1.54, 1.807) is 13.8 Å². The second-order valence-corrected chi connectivity index (χ2v) is 9.33. The van der Waals surface area contributed by atoms with Crippen LogP contribution in [-0.4, -0.2) is 17.5 Å². The average molecular weight is 377 g/mol. The van der Waals surface area contributed by atoms with Crippen molar-refractivity contribution >= 4 is 18.5 Å². The minimum atomic E-state index is -0.767. The molecule has 0 aliphatic heterocycles. The van der Waals surface area contributed by atoms with Gasteiger partial charge in [-0.05, 0) is 68.8 Å². The Labute approximate surface area is 164 Å². The van der Waals surface area contributed by atoms with Gasteiger partial charge in [0.05, 0.1) is 5.54 Å². The Morgan fingerprint density at radius 1 is 1.15 bits per heavy atom. The molecular weight excluding hydrogens is 340 g/mol. The predicted octanol–water partition coefficient (Wildman–Crippen LogP) is 4.42. The molecule has 3 N–H and O–H groups in total. The fraction of sp³-hybridized carbons (Fsp3) is 0.682. The van der Waals surface area contributed by atoms with Gasteiger partial charge in [-0.25, -0.2) is 0 Å². The molecule has 3 nitrogen and oxygen atoms in total. The Morgan fingerprint density at radius 2 is 1.81 bits per heavy atom. The molecule has 0 spiro atoms. The molecule has 0 aromatic heterocycles. The van der Waals surface area contributed by atoms with Gasteiger partial charge in [-0.15, -0.1) is 0 Å². The van der Waals surface area contributed by atoms with E-state index in [0.29, 0.717) is 17.9 Å². The molecule has 1 aromatic rings. The van der Waals surface area contributed by atoms with Gasteiger partial charge in [0.15, 0.2) is 0 Å². The molecule has 26 heavy (non-hydrogen) atoms. The zero-order valence-electron chi connectivity index (χ0n) is 16.7. The maximum Gasteiger partial charge on any atom is 0.239 e. The quantitative estimate of drug-likeness (QED) is 0.684. The van der Waals surface area contributed by atoms with Crippen molar-refractivity contribution in [2.45, 2.75) is 70.7 Å². The fourth-order valence-corrected chi connectivity index (χ4v) is 4.82. The summed E-state index contributed by atoms with van der Waals surface area (Å²) in [6, 6.07) is 10.5. The van der Waals surface area contributed by atoms with E-state index in [1.165, 1.54) is 31.2 Å². The number of rotatable bonds is 3. The molecule has 3 rings (SSSR count). The topological polar surface area (TPSA) is 55.1 Å². The Hall–Kier alpha value is -1.00. The second-order valence-electron chi connectivity index (χ2n) is 9.02. The molecule has 0 radical (unpaired) electrons. The summed E-state index contributed by atoms with van der Waals surface area (Å²) < 4.78 is 0. The van der Waals surface area contributed by atoms with Crippen LogP contribution in [-0.2, 0) is 10.5 Å². The third-order valence-electron chi connectivity index (χ3n) is 5.81. The molecule has 0 saturated heterocycles. The first-order valence-electron chi connectivity index (χ1n) is 9.95. The number of hydrogen-bond acceptors (Lipinski definition) is 3. The Morgan fingerprint density at radius 3 is 2.35 bits per heavy atom. The SMILES string of the molecule is CC1CC2CC(C)C(NC(=O)C(C)(C)N)C(C1)C2.SCc1ccccc1. The highest BCUT2D eigenvalue weighted by atomic mass is 32.1. The van der Waals surface area contributed by atoms with Crippen LogP contribution in [0.1, 0.15) is 58.9 Å². The van der Waals surface area contributed by atoms with Crippen molar-refractivity contribution in [2.75, 3.05) is 0 Å². The number of nitrogens with one attached hydrogen (secondary N) is 1. The molecule has 1 aromatic carbocycles. The van der Waals surface area contributed by atoms with E-state index < -0.39 is 5.54 Å². The summed E-state index contributed by atoms with van der Waals surface area (Å²) in [5.41, 5.74) is 6.39. The number of carbonyl (C=O) groups excluding carboxylic acids is 1. The van der Waals surface area contributed by atoms with E-state index in [2.05, 4.69) is 43.9 Å². The Bertz CT molecular complexity index is 565. The number of carbonyl (C=O) groups is 1. The van der Waals surface area contributed by atoms with E-state index >= 15 is 0 Å². The molecule has 5 unspecified atom stereocenters. The van der Waals surface area contributed by atoms with E-state index in [0.717, 1.165) is 17.6 Å². The number of benzene rings is 1. The molecule has 2 aliphatic rings. The van der Waals surface area contributed by atoms with Crippen LogP contribution in [0.4, 0.5) is 0 Å². The van der Waals surface area contributed by atoms with Gasteiger partial charge in [0.1, 0.15) is 0 Å². The number of fused-ring (bicyclic) bond motifs is 2. The van der Waals surface area contributed by atoms with Crippen LogP contribution in [0, 0.1) is 23.7 Å². The lowest BCUT2D eigenvalue weighted by molar-refractivity contribution is -0.127. The van der Waals surface area contributed by atoms with Gasteiger partial charge in [-0.3, -0.25) is 4.79 Å². The van der Waals surface area contributed by atoms with Crippen molar-refractivity contribution in [2.24, 2.45) is 29.4 Å². The third kappa shape index (κ3) is 6.02. The van der Waals surface area contributed by atoms with Gasteiger partial charge in [0.25, 0.3) is 0 Å². The van der Waals surface area contributed by atoms with Gasteiger partial charge in [-0.1, -0.05) is 44.2 Å². The predicted molar refractivity (Wildman–Crippen MR) is 113 cm³/mol. The van der Waals surface area contributed by atoms with Crippen LogP contribution in [0.15, 0.2) is 30.3 Å². The molecular formula is C22H36N2OS. The van der Waals surface area contributed by atoms with Crippen molar-refractivity contribution in [1.29, 1.82) is 0 Å². The molecule has 2 fully saturated rings. The van der Waals surface area contributed by atoms with Crippen LogP contribution < -0.4 is 11.1 Å². The van der Waals surface area contributed by atoms with Crippen molar-refractivity contribution in [3.63, 3.8) is 0 Å². The molecule has 1 amide bonds. The molecule has 2 saturated carbocycles. The van der Waals surface area contributed by atoms with Crippen LogP contribution in [0.25, 0.3) is 0 Å². The number of nitrogens with two attached hydrogens (primary N) is 1. The summed E-state index contributed by atoms with van der Waals surface area (Å²) in [6.07, 6.45) is 5.20. The summed E-state index contributed by atoms with van der Waals surface area (Å²) in [6.45, 7) is 8.19. The molecule has 2 aliphatic carbocycles. The molecule has 5 atom stereocenters. The summed E-state index contributed by atoms with van der Waals surface area (Å²) in [7, 11) is 0. The molecule has 4 heteroatoms. The average Bonchev–Trinajstić information content (AvgIpc) is 2.58. The second kappa shape index (κ2) is 9.27. The maximum atomic E-state index is 12.1. The first kappa shape index (κ1) is 21.3. The van der Waals surface area contributed by atoms with E-state index in [1.807, 2.05) is 18.2 Å². The van der Waals surface area contributed by atoms with Gasteiger partial charge < -0.3 is 11.1 Å². The van der Waals surface area contributed by atoms with Crippen molar-refractivity contribution in [3.05, 3.63) is 35.9 Å². The van der Waals surface area contributed by atoms with Crippen LogP contribution in [0.2, 0.25) is 0 Å². The Balaban J connectivity index is 0.000000254. The standard InChI is InChI=1S/C15H28N2O.C7H8S/c1-9-5-11-7-10(2)13(12(6-9)8-11)17-14(18)15(3,4)16;8-6-7-4-2-1-3-5-7/h9-13H,5-8,16H2,1-4H3,(H,17,18);1-5,8H,6H2. The summed E-state index contributed by atoms with van der Waals surface area (Å²) in [4.78, 5) is 12.1. The first-order valence-corrected chi connectivity index (χ1v) is 10.6. The first-order chi connectivity index (χ1) is 12.2. The largest absolute Gasteiger partial charge is 0.351 e. The van der Waals surface area contributed by atoms with E-state index in [4.69, 9.17) is 5.73 Å². The Kier molecular flexibility index (Phi) is 7.60. The van der Waals surface area contributed by atoms with Crippen molar-refractivity contribution in [1.82, 2.24) is 5.32 Å². The molecule has 146 valence electrons. The highest BCUT2D eigenvalue weighted by molar-refractivity contribution is 7.79. The van der Waals surface area contributed by atoms with Gasteiger partial charge >= 0.3 is 0 Å². The van der Waals surface area contributed by atoms with Gasteiger partial charge in [0, 0.05) is 11.8 Å². The summed E-state index contributed by atoms with van der Waals surface area (Å²) in [5, 5.41) is 3.22. The lowest BCUT2D eigenvalue weighted by atomic mass is 9.63. The number of amides is 1. The zero-order chi connectivity index (χ0) is 19.3. The zero-order valence-corrected chi connectivity index (χ0v) is 17.6. The van der Waals surface area contributed by atoms with Gasteiger partial charge in [-0.2, -0.15) is 12.6 Å². The summed E-state index contributed by atoms with van der Waals surface area (Å²) in [5.74, 6) is 3.78. The normalized spacial score (nSPS) is 30.8. The van der Waals surface area contributed by atoms with E-state index in [9.17, 15) is 4.79 Å². The molecule has 2 bridgehead atoms. The summed E-state index contributed by atoms with van der Waals surface area (Å²) >= 11 is 4.11. The van der Waals surface area contributed by atoms with Crippen molar-refractivity contribution in [3.8, 4) is 0 Å². The van der Waals surface area contributed by atoms with Crippen LogP contribution >= 0.6 is 12.6 Å². The molecule has 0 heterocycles. The maximum absolute atomic E-state index is 12.1.